The van der Waals surface area contributed by atoms with Crippen molar-refractivity contribution in [1.29, 1.82) is 0 Å². The number of pyridine rings is 1. The van der Waals surface area contributed by atoms with Crippen LogP contribution in [0.3, 0.4) is 0 Å². The molecule has 30 heavy (non-hydrogen) atoms. The van der Waals surface area contributed by atoms with Crippen molar-refractivity contribution in [3.63, 3.8) is 0 Å². The molecular formula is C24H20FN2O3+. The van der Waals surface area contributed by atoms with Gasteiger partial charge in [-0.15, -0.1) is 0 Å². The first-order valence-electron chi connectivity index (χ1n) is 9.62. The maximum atomic E-state index is 13.3. The van der Waals surface area contributed by atoms with Crippen molar-refractivity contribution >= 4 is 17.5 Å². The van der Waals surface area contributed by atoms with Gasteiger partial charge < -0.3 is 4.90 Å². The normalized spacial score (nSPS) is 18.7. The van der Waals surface area contributed by atoms with Crippen molar-refractivity contribution in [2.45, 2.75) is 19.5 Å². The first-order valence-corrected chi connectivity index (χ1v) is 9.62. The van der Waals surface area contributed by atoms with E-state index in [0.717, 1.165) is 11.1 Å². The monoisotopic (exact) mass is 403 g/mol. The number of nitrogens with one attached hydrogen (secondary N) is 1. The maximum absolute atomic E-state index is 13.3. The number of rotatable bonds is 5. The van der Waals surface area contributed by atoms with Gasteiger partial charge in [0.1, 0.15) is 11.7 Å². The molecule has 2 aromatic carbocycles. The number of nitrogens with zero attached hydrogens (tertiary/aromatic N) is 1. The van der Waals surface area contributed by atoms with Gasteiger partial charge in [0, 0.05) is 17.2 Å². The molecule has 1 amide bonds. The second-order valence-corrected chi connectivity index (χ2v) is 7.41. The van der Waals surface area contributed by atoms with Crippen LogP contribution in [0.25, 0.3) is 0 Å². The fourth-order valence-electron chi connectivity index (χ4n) is 3.81. The number of aryl methyl sites for hydroxylation is 1. The number of ketones is 2. The number of benzene rings is 2. The molecule has 1 saturated heterocycles. The van der Waals surface area contributed by atoms with Crippen LogP contribution >= 0.6 is 0 Å². The third kappa shape index (κ3) is 3.64. The lowest BCUT2D eigenvalue weighted by atomic mass is 9.86. The number of H-pyrrole nitrogens is 1. The number of halogens is 1. The van der Waals surface area contributed by atoms with Crippen molar-refractivity contribution < 1.29 is 23.8 Å². The van der Waals surface area contributed by atoms with E-state index in [0.29, 0.717) is 5.56 Å². The molecule has 6 heteroatoms. The summed E-state index contributed by atoms with van der Waals surface area (Å²) in [5, 5.41) is 0. The van der Waals surface area contributed by atoms with Gasteiger partial charge in [-0.1, -0.05) is 29.8 Å². The van der Waals surface area contributed by atoms with Crippen LogP contribution in [0.4, 0.5) is 4.39 Å². The van der Waals surface area contributed by atoms with E-state index in [1.807, 2.05) is 37.3 Å². The van der Waals surface area contributed by atoms with Crippen molar-refractivity contribution in [1.82, 2.24) is 4.90 Å². The second-order valence-electron chi connectivity index (χ2n) is 7.41. The zero-order chi connectivity index (χ0) is 21.3. The number of aromatic amines is 1. The summed E-state index contributed by atoms with van der Waals surface area (Å²) in [6, 6.07) is 15.4. The molecule has 1 N–H and O–H groups in total. The predicted molar refractivity (Wildman–Crippen MR) is 107 cm³/mol. The lowest BCUT2D eigenvalue weighted by Crippen LogP contribution is -2.30. The summed E-state index contributed by atoms with van der Waals surface area (Å²) in [7, 11) is 0. The van der Waals surface area contributed by atoms with E-state index >= 15 is 0 Å². The molecule has 150 valence electrons. The van der Waals surface area contributed by atoms with Crippen LogP contribution in [0, 0.1) is 18.7 Å². The number of likely N-dealkylation sites (tertiary alicyclic amines) is 1. The Balaban J connectivity index is 1.77. The van der Waals surface area contributed by atoms with Gasteiger partial charge in [-0.3, -0.25) is 14.4 Å². The van der Waals surface area contributed by atoms with E-state index in [1.54, 1.807) is 18.5 Å². The third-order valence-electron chi connectivity index (χ3n) is 5.36. The summed E-state index contributed by atoms with van der Waals surface area (Å²) in [6.45, 7) is 2.13. The number of amides is 1. The van der Waals surface area contributed by atoms with E-state index in [9.17, 15) is 18.8 Å². The highest BCUT2D eigenvalue weighted by Crippen LogP contribution is 2.39. The van der Waals surface area contributed by atoms with Crippen LogP contribution in [0.5, 0.6) is 0 Å². The van der Waals surface area contributed by atoms with Gasteiger partial charge >= 0.3 is 0 Å². The Morgan fingerprint density at radius 2 is 1.73 bits per heavy atom. The van der Waals surface area contributed by atoms with Crippen LogP contribution in [0.1, 0.15) is 33.1 Å². The van der Waals surface area contributed by atoms with Gasteiger partial charge in [0.05, 0.1) is 12.6 Å². The summed E-state index contributed by atoms with van der Waals surface area (Å²) in [5.41, 5.74) is 2.75. The van der Waals surface area contributed by atoms with Crippen molar-refractivity contribution in [2.75, 3.05) is 0 Å². The maximum Gasteiger partial charge on any atom is 0.291 e. The van der Waals surface area contributed by atoms with Crippen LogP contribution in [0.15, 0.2) is 73.1 Å². The van der Waals surface area contributed by atoms with Gasteiger partial charge in [-0.05, 0) is 42.8 Å². The summed E-state index contributed by atoms with van der Waals surface area (Å²) in [4.78, 5) is 43.5. The molecule has 1 fully saturated rings. The second kappa shape index (κ2) is 7.99. The number of carbonyl (C=O) groups excluding carboxylic acids is 3. The first kappa shape index (κ1) is 19.6. The van der Waals surface area contributed by atoms with E-state index in [-0.39, 0.29) is 12.1 Å². The van der Waals surface area contributed by atoms with Crippen molar-refractivity contribution in [3.8, 4) is 0 Å². The largest absolute Gasteiger partial charge is 0.323 e. The Kier molecular flexibility index (Phi) is 5.23. The Labute approximate surface area is 173 Å². The molecule has 0 bridgehead atoms. The molecule has 1 aliphatic rings. The Hall–Kier alpha value is -3.67. The molecule has 1 aromatic heterocycles. The molecule has 2 heterocycles. The van der Waals surface area contributed by atoms with Crippen molar-refractivity contribution in [2.24, 2.45) is 5.92 Å². The SMILES string of the molecule is Cc1ccc(C2C(C(=O)c3ccc(F)cc3)C(=O)C(=O)N2Cc2ccc[nH+]c2)cc1. The molecule has 3 aromatic rings. The van der Waals surface area contributed by atoms with Crippen LogP contribution in [0.2, 0.25) is 0 Å². The Morgan fingerprint density at radius 3 is 2.37 bits per heavy atom. The summed E-state index contributed by atoms with van der Waals surface area (Å²) < 4.78 is 13.3. The molecule has 0 spiro atoms. The molecular weight excluding hydrogens is 383 g/mol. The number of hydrogen-bond acceptors (Lipinski definition) is 3. The summed E-state index contributed by atoms with van der Waals surface area (Å²) >= 11 is 0. The first-order chi connectivity index (χ1) is 14.5. The molecule has 0 radical (unpaired) electrons. The Morgan fingerprint density at radius 1 is 1.03 bits per heavy atom. The average Bonchev–Trinajstić information content (AvgIpc) is 3.00. The molecule has 0 saturated carbocycles. The standard InChI is InChI=1S/C24H19FN2O3/c1-15-4-6-17(7-5-15)21-20(22(28)18-8-10-19(25)11-9-18)23(29)24(30)27(21)14-16-3-2-12-26-13-16/h2-13,20-21H,14H2,1H3/p+1. The smallest absolute Gasteiger partial charge is 0.291 e. The molecule has 2 atom stereocenters. The fraction of sp³-hybridized carbons (Fsp3) is 0.167. The van der Waals surface area contributed by atoms with E-state index in [2.05, 4.69) is 4.98 Å². The average molecular weight is 403 g/mol. The lowest BCUT2D eigenvalue weighted by molar-refractivity contribution is -0.378. The topological polar surface area (TPSA) is 68.6 Å². The highest BCUT2D eigenvalue weighted by atomic mass is 19.1. The zero-order valence-electron chi connectivity index (χ0n) is 16.3. The third-order valence-corrected chi connectivity index (χ3v) is 5.36. The lowest BCUT2D eigenvalue weighted by Gasteiger charge is -2.27. The molecule has 1 aliphatic heterocycles. The van der Waals surface area contributed by atoms with E-state index in [1.165, 1.54) is 29.2 Å². The van der Waals surface area contributed by atoms with E-state index in [4.69, 9.17) is 0 Å². The highest BCUT2D eigenvalue weighted by molar-refractivity contribution is 6.44. The minimum atomic E-state index is -1.18. The van der Waals surface area contributed by atoms with Gasteiger partial charge in [-0.25, -0.2) is 9.37 Å². The summed E-state index contributed by atoms with van der Waals surface area (Å²) in [5.74, 6) is -3.57. The summed E-state index contributed by atoms with van der Waals surface area (Å²) in [6.07, 6.45) is 3.50. The molecule has 2 unspecified atom stereocenters. The van der Waals surface area contributed by atoms with Crippen LogP contribution in [-0.4, -0.2) is 22.4 Å². The molecule has 5 nitrogen and oxygen atoms in total. The van der Waals surface area contributed by atoms with Crippen LogP contribution < -0.4 is 4.98 Å². The highest BCUT2D eigenvalue weighted by Gasteiger charge is 2.51. The quantitative estimate of drug-likeness (QED) is 0.373. The number of aromatic nitrogens is 1. The Bertz CT molecular complexity index is 1100. The van der Waals surface area contributed by atoms with Gasteiger partial charge in [0.25, 0.3) is 5.91 Å². The van der Waals surface area contributed by atoms with Gasteiger partial charge in [-0.2, -0.15) is 0 Å². The molecule has 4 rings (SSSR count). The van der Waals surface area contributed by atoms with E-state index < -0.39 is 35.3 Å². The number of carbonyl (C=O) groups is 3. The van der Waals surface area contributed by atoms with Crippen LogP contribution in [-0.2, 0) is 16.1 Å². The van der Waals surface area contributed by atoms with Gasteiger partial charge in [0.15, 0.2) is 18.2 Å². The minimum Gasteiger partial charge on any atom is -0.323 e. The molecule has 0 aliphatic carbocycles. The predicted octanol–water partition coefficient (Wildman–Crippen LogP) is 3.10. The van der Waals surface area contributed by atoms with Gasteiger partial charge in [0.2, 0.25) is 5.78 Å². The fourth-order valence-corrected chi connectivity index (χ4v) is 3.81. The zero-order valence-corrected chi connectivity index (χ0v) is 16.3. The number of Topliss-reactive ketones (excluding diaryl/α,β-unsaturated/α-hetero) is 2. The minimum absolute atomic E-state index is 0.188. The number of hydrogen-bond donors (Lipinski definition) is 0. The van der Waals surface area contributed by atoms with Crippen molar-refractivity contribution in [3.05, 3.63) is 101 Å².